The van der Waals surface area contributed by atoms with Crippen molar-refractivity contribution in [3.05, 3.63) is 75.6 Å². The first-order valence-electron chi connectivity index (χ1n) is 13.3. The number of amides is 1. The van der Waals surface area contributed by atoms with Gasteiger partial charge < -0.3 is 19.6 Å². The fourth-order valence-corrected chi connectivity index (χ4v) is 4.89. The van der Waals surface area contributed by atoms with Gasteiger partial charge in [-0.05, 0) is 54.3 Å². The molecule has 1 amide bonds. The standard InChI is InChI=1S/C29H25F9N2O5/c1-4-44-25(42)24-23(29(36,37)38)22(18-9-14(13(2)3)5-6-20(18)41)19(39-24)11-40-12-21(45-26(40)43)15-7-16(27(30,31)32)10-17(8-15)28(33,34)35/h5-10,13,21,39,41H,4,11-12H2,1-3H3. The number of ether oxygens (including phenoxy) is 2. The topological polar surface area (TPSA) is 91.9 Å². The van der Waals surface area contributed by atoms with Crippen LogP contribution in [-0.2, 0) is 34.5 Å². The third-order valence-electron chi connectivity index (χ3n) is 7.02. The number of halogens is 9. The molecule has 7 nitrogen and oxygen atoms in total. The van der Waals surface area contributed by atoms with Gasteiger partial charge in [0.15, 0.2) is 0 Å². The molecule has 0 spiro atoms. The highest BCUT2D eigenvalue weighted by Gasteiger charge is 2.44. The van der Waals surface area contributed by atoms with Crippen molar-refractivity contribution in [3.63, 3.8) is 0 Å². The summed E-state index contributed by atoms with van der Waals surface area (Å²) in [5.74, 6) is -2.22. The molecular formula is C29H25F9N2O5. The molecule has 4 rings (SSSR count). The van der Waals surface area contributed by atoms with Crippen LogP contribution in [0.15, 0.2) is 36.4 Å². The summed E-state index contributed by atoms with van der Waals surface area (Å²) in [7, 11) is 0. The summed E-state index contributed by atoms with van der Waals surface area (Å²) >= 11 is 0. The lowest BCUT2D eigenvalue weighted by Crippen LogP contribution is -2.24. The summed E-state index contributed by atoms with van der Waals surface area (Å²) in [5.41, 5.74) is -7.49. The van der Waals surface area contributed by atoms with Gasteiger partial charge in [-0.3, -0.25) is 4.90 Å². The van der Waals surface area contributed by atoms with E-state index >= 15 is 0 Å². The summed E-state index contributed by atoms with van der Waals surface area (Å²) in [4.78, 5) is 28.5. The van der Waals surface area contributed by atoms with Crippen LogP contribution in [0.25, 0.3) is 11.1 Å². The van der Waals surface area contributed by atoms with Gasteiger partial charge in [0, 0.05) is 16.8 Å². The van der Waals surface area contributed by atoms with Gasteiger partial charge in [-0.15, -0.1) is 0 Å². The molecule has 244 valence electrons. The number of benzene rings is 2. The van der Waals surface area contributed by atoms with Gasteiger partial charge in [0.05, 0.1) is 36.4 Å². The molecule has 0 bridgehead atoms. The molecule has 45 heavy (non-hydrogen) atoms. The largest absolute Gasteiger partial charge is 0.507 e. The Morgan fingerprint density at radius 1 is 1.00 bits per heavy atom. The van der Waals surface area contributed by atoms with E-state index in [9.17, 15) is 54.2 Å². The van der Waals surface area contributed by atoms with Crippen LogP contribution in [0.3, 0.4) is 0 Å². The van der Waals surface area contributed by atoms with E-state index in [-0.39, 0.29) is 24.2 Å². The van der Waals surface area contributed by atoms with E-state index in [2.05, 4.69) is 4.98 Å². The minimum atomic E-state index is -5.20. The Balaban J connectivity index is 1.83. The second-order valence-electron chi connectivity index (χ2n) is 10.5. The highest BCUT2D eigenvalue weighted by Crippen LogP contribution is 2.46. The van der Waals surface area contributed by atoms with Crippen molar-refractivity contribution in [2.45, 2.75) is 57.9 Å². The van der Waals surface area contributed by atoms with Gasteiger partial charge >= 0.3 is 30.6 Å². The van der Waals surface area contributed by atoms with E-state index in [1.54, 1.807) is 13.8 Å². The summed E-state index contributed by atoms with van der Waals surface area (Å²) in [6.07, 6.45) is -18.5. The zero-order valence-electron chi connectivity index (χ0n) is 23.7. The number of phenols is 1. The maximum atomic E-state index is 14.5. The molecule has 1 unspecified atom stereocenters. The van der Waals surface area contributed by atoms with Crippen molar-refractivity contribution in [2.24, 2.45) is 0 Å². The van der Waals surface area contributed by atoms with E-state index in [1.165, 1.54) is 19.1 Å². The van der Waals surface area contributed by atoms with Crippen molar-refractivity contribution in [2.75, 3.05) is 13.2 Å². The number of carbonyl (C=O) groups is 2. The van der Waals surface area contributed by atoms with E-state index in [4.69, 9.17) is 9.47 Å². The van der Waals surface area contributed by atoms with Crippen LogP contribution in [0.1, 0.15) is 76.8 Å². The van der Waals surface area contributed by atoms with Crippen LogP contribution in [0, 0.1) is 0 Å². The number of cyclic esters (lactones) is 1. The molecule has 1 fully saturated rings. The maximum Gasteiger partial charge on any atom is 0.419 e. The van der Waals surface area contributed by atoms with Crippen LogP contribution in [0.4, 0.5) is 44.3 Å². The van der Waals surface area contributed by atoms with Crippen LogP contribution < -0.4 is 0 Å². The first-order chi connectivity index (χ1) is 20.7. The van der Waals surface area contributed by atoms with E-state index < -0.39 is 94.7 Å². The van der Waals surface area contributed by atoms with E-state index in [1.807, 2.05) is 0 Å². The Hall–Kier alpha value is -4.37. The van der Waals surface area contributed by atoms with Gasteiger partial charge in [-0.2, -0.15) is 39.5 Å². The molecule has 16 heteroatoms. The fourth-order valence-electron chi connectivity index (χ4n) is 4.89. The number of hydrogen-bond acceptors (Lipinski definition) is 5. The molecule has 1 aromatic heterocycles. The summed E-state index contributed by atoms with van der Waals surface area (Å²) < 4.78 is 134. The third kappa shape index (κ3) is 6.99. The SMILES string of the molecule is CCOC(=O)c1[nH]c(CN2CC(c3cc(C(F)(F)F)cc(C(F)(F)F)c3)OC2=O)c(-c2cc(C(C)C)ccc2O)c1C(F)(F)F. The number of nitrogens with zero attached hydrogens (tertiary/aromatic N) is 1. The molecule has 1 aliphatic rings. The molecule has 0 saturated carbocycles. The first kappa shape index (κ1) is 33.5. The van der Waals surface area contributed by atoms with Gasteiger partial charge in [-0.25, -0.2) is 9.59 Å². The molecule has 3 aromatic rings. The quantitative estimate of drug-likeness (QED) is 0.198. The highest BCUT2D eigenvalue weighted by molar-refractivity contribution is 5.94. The van der Waals surface area contributed by atoms with E-state index in [0.717, 1.165) is 11.0 Å². The number of carbonyl (C=O) groups excluding carboxylic acids is 2. The number of aromatic nitrogens is 1. The first-order valence-corrected chi connectivity index (χ1v) is 13.3. The summed E-state index contributed by atoms with van der Waals surface area (Å²) in [6, 6.07) is 4.55. The molecule has 1 aliphatic heterocycles. The third-order valence-corrected chi connectivity index (χ3v) is 7.02. The van der Waals surface area contributed by atoms with Gasteiger partial charge in [-0.1, -0.05) is 19.9 Å². The Morgan fingerprint density at radius 2 is 1.60 bits per heavy atom. The molecule has 2 aromatic carbocycles. The van der Waals surface area contributed by atoms with Crippen LogP contribution in [0.2, 0.25) is 0 Å². The lowest BCUT2D eigenvalue weighted by atomic mass is 9.93. The molecule has 0 radical (unpaired) electrons. The smallest absolute Gasteiger partial charge is 0.419 e. The van der Waals surface area contributed by atoms with Crippen molar-refractivity contribution in [1.29, 1.82) is 0 Å². The van der Waals surface area contributed by atoms with Crippen molar-refractivity contribution < 1.29 is 63.7 Å². The number of alkyl halides is 9. The fraction of sp³-hybridized carbons (Fsp3) is 0.379. The summed E-state index contributed by atoms with van der Waals surface area (Å²) in [5, 5.41) is 10.6. The van der Waals surface area contributed by atoms with Gasteiger partial charge in [0.2, 0.25) is 0 Å². The maximum absolute atomic E-state index is 14.5. The molecule has 0 aliphatic carbocycles. The van der Waals surface area contributed by atoms with Crippen LogP contribution in [0.5, 0.6) is 5.75 Å². The monoisotopic (exact) mass is 652 g/mol. The molecular weight excluding hydrogens is 627 g/mol. The number of nitrogens with one attached hydrogen (secondary N) is 1. The van der Waals surface area contributed by atoms with E-state index in [0.29, 0.717) is 17.7 Å². The second kappa shape index (κ2) is 11.9. The van der Waals surface area contributed by atoms with Crippen LogP contribution in [-0.4, -0.2) is 40.2 Å². The summed E-state index contributed by atoms with van der Waals surface area (Å²) in [6.45, 7) is 3.09. The Morgan fingerprint density at radius 3 is 2.11 bits per heavy atom. The average molecular weight is 653 g/mol. The molecule has 1 saturated heterocycles. The molecule has 2 heterocycles. The lowest BCUT2D eigenvalue weighted by molar-refractivity contribution is -0.143. The second-order valence-corrected chi connectivity index (χ2v) is 10.5. The predicted molar refractivity (Wildman–Crippen MR) is 139 cm³/mol. The zero-order chi connectivity index (χ0) is 33.6. The lowest BCUT2D eigenvalue weighted by Gasteiger charge is -2.18. The number of H-pyrrole nitrogens is 1. The Kier molecular flexibility index (Phi) is 8.83. The number of aromatic hydroxyl groups is 1. The number of esters is 1. The zero-order valence-corrected chi connectivity index (χ0v) is 23.7. The highest BCUT2D eigenvalue weighted by atomic mass is 19.4. The molecule has 1 atom stereocenters. The van der Waals surface area contributed by atoms with Crippen molar-refractivity contribution >= 4 is 12.1 Å². The minimum absolute atomic E-state index is 0.101. The van der Waals surface area contributed by atoms with Gasteiger partial charge in [0.1, 0.15) is 17.5 Å². The average Bonchev–Trinajstić information content (AvgIpc) is 3.48. The van der Waals surface area contributed by atoms with Gasteiger partial charge in [0.25, 0.3) is 0 Å². The normalized spacial score (nSPS) is 16.0. The van der Waals surface area contributed by atoms with Crippen molar-refractivity contribution in [3.8, 4) is 16.9 Å². The van der Waals surface area contributed by atoms with Crippen LogP contribution >= 0.6 is 0 Å². The molecule has 2 N–H and O–H groups in total. The Bertz CT molecular complexity index is 1570. The predicted octanol–water partition coefficient (Wildman–Crippen LogP) is 8.44. The number of rotatable bonds is 7. The number of phenolic OH excluding ortho intramolecular Hbond substituents is 1. The number of hydrogen-bond donors (Lipinski definition) is 2. The Labute approximate surface area is 249 Å². The number of aromatic amines is 1. The minimum Gasteiger partial charge on any atom is -0.507 e. The van der Waals surface area contributed by atoms with Crippen molar-refractivity contribution in [1.82, 2.24) is 9.88 Å².